The van der Waals surface area contributed by atoms with E-state index in [1.807, 2.05) is 12.1 Å². The second-order valence-electron chi connectivity index (χ2n) is 6.88. The molecule has 1 aliphatic carbocycles. The van der Waals surface area contributed by atoms with Crippen LogP contribution in [0.25, 0.3) is 0 Å². The lowest BCUT2D eigenvalue weighted by Gasteiger charge is -2.19. The summed E-state index contributed by atoms with van der Waals surface area (Å²) in [5, 5.41) is 0. The Hall–Kier alpha value is -1.11. The van der Waals surface area contributed by atoms with Gasteiger partial charge in [-0.15, -0.1) is 0 Å². The van der Waals surface area contributed by atoms with Crippen LogP contribution in [0.3, 0.4) is 0 Å². The van der Waals surface area contributed by atoms with Crippen LogP contribution in [-0.4, -0.2) is 5.78 Å². The van der Waals surface area contributed by atoms with Crippen LogP contribution in [-0.2, 0) is 5.41 Å². The Bertz CT molecular complexity index is 414. The minimum Gasteiger partial charge on any atom is -0.294 e. The largest absolute Gasteiger partial charge is 0.294 e. The van der Waals surface area contributed by atoms with Crippen molar-refractivity contribution in [3.05, 3.63) is 35.4 Å². The van der Waals surface area contributed by atoms with Crippen molar-refractivity contribution in [2.24, 2.45) is 5.92 Å². The summed E-state index contributed by atoms with van der Waals surface area (Å²) in [5.41, 5.74) is 2.36. The van der Waals surface area contributed by atoms with Crippen LogP contribution >= 0.6 is 0 Å². The summed E-state index contributed by atoms with van der Waals surface area (Å²) in [7, 11) is 0. The molecule has 0 bridgehead atoms. The molecule has 1 aliphatic rings. The zero-order valence-electron chi connectivity index (χ0n) is 12.5. The maximum atomic E-state index is 12.5. The van der Waals surface area contributed by atoms with Crippen LogP contribution in [0.4, 0.5) is 0 Å². The minimum absolute atomic E-state index is 0.157. The molecule has 0 radical (unpaired) electrons. The zero-order valence-corrected chi connectivity index (χ0v) is 12.5. The topological polar surface area (TPSA) is 17.1 Å². The van der Waals surface area contributed by atoms with Crippen LogP contribution in [0.15, 0.2) is 24.3 Å². The molecule has 1 fully saturated rings. The molecule has 0 aliphatic heterocycles. The minimum atomic E-state index is 0.157. The molecular formula is C18H26O. The molecule has 0 N–H and O–H groups in total. The highest BCUT2D eigenvalue weighted by Gasteiger charge is 2.22. The van der Waals surface area contributed by atoms with Gasteiger partial charge in [0.2, 0.25) is 0 Å². The summed E-state index contributed by atoms with van der Waals surface area (Å²) in [6.45, 7) is 6.61. The van der Waals surface area contributed by atoms with E-state index >= 15 is 0 Å². The first-order valence-corrected chi connectivity index (χ1v) is 7.63. The standard InChI is InChI=1S/C18H26O/c1-18(2,3)16-12-10-15(11-13-16)17(19)14-8-6-4-5-7-9-14/h10-14H,4-9H2,1-3H3. The molecule has 0 saturated heterocycles. The summed E-state index contributed by atoms with van der Waals surface area (Å²) < 4.78 is 0. The predicted octanol–water partition coefficient (Wildman–Crippen LogP) is 5.14. The molecule has 0 spiro atoms. The second kappa shape index (κ2) is 5.90. The lowest BCUT2D eigenvalue weighted by molar-refractivity contribution is 0.0908. The summed E-state index contributed by atoms with van der Waals surface area (Å²) in [6.07, 6.45) is 7.20. The van der Waals surface area contributed by atoms with Gasteiger partial charge in [-0.3, -0.25) is 4.79 Å². The lowest BCUT2D eigenvalue weighted by atomic mass is 9.85. The Morgan fingerprint density at radius 2 is 1.47 bits per heavy atom. The van der Waals surface area contributed by atoms with Crippen molar-refractivity contribution in [3.8, 4) is 0 Å². The van der Waals surface area contributed by atoms with E-state index in [2.05, 4.69) is 32.9 Å². The van der Waals surface area contributed by atoms with Crippen molar-refractivity contribution >= 4 is 5.78 Å². The van der Waals surface area contributed by atoms with Crippen LogP contribution in [0.5, 0.6) is 0 Å². The van der Waals surface area contributed by atoms with E-state index in [0.29, 0.717) is 5.78 Å². The van der Waals surface area contributed by atoms with Gasteiger partial charge in [0.25, 0.3) is 0 Å². The van der Waals surface area contributed by atoms with Gasteiger partial charge in [-0.1, -0.05) is 70.7 Å². The fourth-order valence-electron chi connectivity index (χ4n) is 2.91. The van der Waals surface area contributed by atoms with Crippen molar-refractivity contribution in [2.75, 3.05) is 0 Å². The molecule has 1 saturated carbocycles. The lowest BCUT2D eigenvalue weighted by Crippen LogP contribution is -2.15. The quantitative estimate of drug-likeness (QED) is 0.530. The smallest absolute Gasteiger partial charge is 0.165 e. The predicted molar refractivity (Wildman–Crippen MR) is 80.7 cm³/mol. The van der Waals surface area contributed by atoms with Gasteiger partial charge in [0, 0.05) is 11.5 Å². The number of carbonyl (C=O) groups excluding carboxylic acids is 1. The number of carbonyl (C=O) groups is 1. The van der Waals surface area contributed by atoms with Crippen LogP contribution in [0.1, 0.15) is 75.2 Å². The molecule has 104 valence electrons. The summed E-state index contributed by atoms with van der Waals surface area (Å²) in [5.74, 6) is 0.630. The summed E-state index contributed by atoms with van der Waals surface area (Å²) in [4.78, 5) is 12.5. The highest BCUT2D eigenvalue weighted by molar-refractivity contribution is 5.97. The Labute approximate surface area is 117 Å². The van der Waals surface area contributed by atoms with Gasteiger partial charge in [-0.2, -0.15) is 0 Å². The molecule has 0 heterocycles. The molecular weight excluding hydrogens is 232 g/mol. The van der Waals surface area contributed by atoms with Gasteiger partial charge in [0.1, 0.15) is 0 Å². The first kappa shape index (κ1) is 14.3. The highest BCUT2D eigenvalue weighted by atomic mass is 16.1. The third kappa shape index (κ3) is 3.68. The number of hydrogen-bond acceptors (Lipinski definition) is 1. The van der Waals surface area contributed by atoms with Gasteiger partial charge in [-0.25, -0.2) is 0 Å². The second-order valence-corrected chi connectivity index (χ2v) is 6.88. The highest BCUT2D eigenvalue weighted by Crippen LogP contribution is 2.27. The van der Waals surface area contributed by atoms with Crippen LogP contribution < -0.4 is 0 Å². The van der Waals surface area contributed by atoms with E-state index in [1.54, 1.807) is 0 Å². The van der Waals surface area contributed by atoms with Gasteiger partial charge in [0.15, 0.2) is 5.78 Å². The van der Waals surface area contributed by atoms with Crippen LogP contribution in [0.2, 0.25) is 0 Å². The van der Waals surface area contributed by atoms with Crippen molar-refractivity contribution in [3.63, 3.8) is 0 Å². The SMILES string of the molecule is CC(C)(C)c1ccc(C(=O)C2CCCCCC2)cc1. The number of rotatable bonds is 2. The number of ketones is 1. The van der Waals surface area contributed by atoms with Gasteiger partial charge < -0.3 is 0 Å². The Balaban J connectivity index is 2.10. The molecule has 1 aromatic rings. The first-order chi connectivity index (χ1) is 8.98. The average molecular weight is 258 g/mol. The Morgan fingerprint density at radius 3 is 1.95 bits per heavy atom. The molecule has 2 rings (SSSR count). The molecule has 1 aromatic carbocycles. The van der Waals surface area contributed by atoms with E-state index in [1.165, 1.54) is 31.2 Å². The molecule has 0 aromatic heterocycles. The first-order valence-electron chi connectivity index (χ1n) is 7.63. The van der Waals surface area contributed by atoms with E-state index in [0.717, 1.165) is 18.4 Å². The molecule has 0 amide bonds. The van der Waals surface area contributed by atoms with Crippen molar-refractivity contribution < 1.29 is 4.79 Å². The monoisotopic (exact) mass is 258 g/mol. The van der Waals surface area contributed by atoms with Crippen molar-refractivity contribution in [1.29, 1.82) is 0 Å². The Morgan fingerprint density at radius 1 is 0.947 bits per heavy atom. The third-order valence-electron chi connectivity index (χ3n) is 4.26. The maximum Gasteiger partial charge on any atom is 0.165 e. The van der Waals surface area contributed by atoms with Gasteiger partial charge in [-0.05, 0) is 23.8 Å². The number of hydrogen-bond donors (Lipinski definition) is 0. The summed E-state index contributed by atoms with van der Waals surface area (Å²) in [6, 6.07) is 8.27. The number of benzene rings is 1. The number of Topliss-reactive ketones (excluding diaryl/α,β-unsaturated/α-hetero) is 1. The fraction of sp³-hybridized carbons (Fsp3) is 0.611. The molecule has 1 nitrogen and oxygen atoms in total. The van der Waals surface area contributed by atoms with E-state index < -0.39 is 0 Å². The van der Waals surface area contributed by atoms with Gasteiger partial charge >= 0.3 is 0 Å². The van der Waals surface area contributed by atoms with E-state index in [-0.39, 0.29) is 11.3 Å². The third-order valence-corrected chi connectivity index (χ3v) is 4.26. The fourth-order valence-corrected chi connectivity index (χ4v) is 2.91. The normalized spacial score (nSPS) is 18.1. The van der Waals surface area contributed by atoms with E-state index in [9.17, 15) is 4.79 Å². The van der Waals surface area contributed by atoms with Crippen molar-refractivity contribution in [1.82, 2.24) is 0 Å². The van der Waals surface area contributed by atoms with Crippen molar-refractivity contribution in [2.45, 2.75) is 64.7 Å². The maximum absolute atomic E-state index is 12.5. The zero-order chi connectivity index (χ0) is 13.9. The molecule has 0 unspecified atom stereocenters. The van der Waals surface area contributed by atoms with Crippen LogP contribution in [0, 0.1) is 5.92 Å². The van der Waals surface area contributed by atoms with Gasteiger partial charge in [0.05, 0.1) is 0 Å². The molecule has 1 heteroatoms. The molecule has 0 atom stereocenters. The average Bonchev–Trinajstić information content (AvgIpc) is 2.66. The summed E-state index contributed by atoms with van der Waals surface area (Å²) >= 11 is 0. The van der Waals surface area contributed by atoms with E-state index in [4.69, 9.17) is 0 Å². The Kier molecular flexibility index (Phi) is 4.44. The molecule has 19 heavy (non-hydrogen) atoms.